The Morgan fingerprint density at radius 2 is 1.94 bits per heavy atom. The van der Waals surface area contributed by atoms with E-state index in [1.165, 1.54) is 12.1 Å². The fraction of sp³-hybridized carbons (Fsp3) is 0.364. The van der Waals surface area contributed by atoms with Crippen molar-refractivity contribution in [2.45, 2.75) is 37.8 Å². The van der Waals surface area contributed by atoms with Gasteiger partial charge in [-0.25, -0.2) is 13.1 Å². The van der Waals surface area contributed by atoms with Crippen molar-refractivity contribution in [3.63, 3.8) is 0 Å². The maximum absolute atomic E-state index is 12.6. The number of rotatable bonds is 8. The molecule has 1 aliphatic rings. The van der Waals surface area contributed by atoms with Crippen LogP contribution in [0.3, 0.4) is 0 Å². The third-order valence-electron chi connectivity index (χ3n) is 4.93. The Morgan fingerprint density at radius 1 is 1.19 bits per heavy atom. The summed E-state index contributed by atoms with van der Waals surface area (Å²) in [6, 6.07) is 13.4. The predicted molar refractivity (Wildman–Crippen MR) is 117 cm³/mol. The molecule has 9 heteroatoms. The predicted octanol–water partition coefficient (Wildman–Crippen LogP) is 2.05. The molecule has 0 spiro atoms. The number of nitrogens with zero attached hydrogens (tertiary/aromatic N) is 1. The average molecular weight is 446 g/mol. The van der Waals surface area contributed by atoms with Gasteiger partial charge in [0, 0.05) is 37.3 Å². The van der Waals surface area contributed by atoms with Crippen LogP contribution in [0.25, 0.3) is 0 Å². The van der Waals surface area contributed by atoms with Crippen molar-refractivity contribution >= 4 is 27.5 Å². The fourth-order valence-electron chi connectivity index (χ4n) is 3.45. The van der Waals surface area contributed by atoms with Crippen LogP contribution in [0.4, 0.5) is 5.69 Å². The van der Waals surface area contributed by atoms with E-state index in [1.54, 1.807) is 62.3 Å². The van der Waals surface area contributed by atoms with Crippen molar-refractivity contribution in [1.82, 2.24) is 10.0 Å². The number of nitrogens with one attached hydrogen (secondary N) is 2. The smallest absolute Gasteiger partial charge is 0.240 e. The normalized spacial score (nSPS) is 16.6. The summed E-state index contributed by atoms with van der Waals surface area (Å²) in [6.07, 6.45) is 0.121. The molecule has 0 saturated carbocycles. The Bertz CT molecular complexity index is 1070. The molecule has 2 aromatic carbocycles. The minimum absolute atomic E-state index is 0.121. The largest absolute Gasteiger partial charge is 0.497 e. The zero-order valence-corrected chi connectivity index (χ0v) is 18.6. The molecule has 166 valence electrons. The number of hydrogen-bond acceptors (Lipinski definition) is 5. The SMILES string of the molecule is COc1cccc(N2CC(C(=O)NCc3cccc(S(=O)(=O)NC(C)C)c3)CC2=O)c1. The third-order valence-corrected chi connectivity index (χ3v) is 6.58. The molecule has 2 amide bonds. The summed E-state index contributed by atoms with van der Waals surface area (Å²) < 4.78 is 32.4. The van der Waals surface area contributed by atoms with Crippen LogP contribution >= 0.6 is 0 Å². The molecule has 8 nitrogen and oxygen atoms in total. The molecule has 1 heterocycles. The van der Waals surface area contributed by atoms with Gasteiger partial charge in [-0.15, -0.1) is 0 Å². The molecule has 1 unspecified atom stereocenters. The van der Waals surface area contributed by atoms with Crippen molar-refractivity contribution in [3.8, 4) is 5.75 Å². The van der Waals surface area contributed by atoms with E-state index in [-0.39, 0.29) is 42.3 Å². The van der Waals surface area contributed by atoms with Crippen LogP contribution in [0.1, 0.15) is 25.8 Å². The molecule has 2 N–H and O–H groups in total. The quantitative estimate of drug-likeness (QED) is 0.647. The zero-order valence-electron chi connectivity index (χ0n) is 17.8. The number of hydrogen-bond donors (Lipinski definition) is 2. The Labute approximate surface area is 182 Å². The van der Waals surface area contributed by atoms with E-state index >= 15 is 0 Å². The number of sulfonamides is 1. The van der Waals surface area contributed by atoms with Gasteiger partial charge in [0.25, 0.3) is 0 Å². The van der Waals surface area contributed by atoms with Crippen LogP contribution in [-0.4, -0.2) is 39.9 Å². The van der Waals surface area contributed by atoms with Crippen LogP contribution in [0.15, 0.2) is 53.4 Å². The average Bonchev–Trinajstić information content (AvgIpc) is 3.13. The van der Waals surface area contributed by atoms with Gasteiger partial charge < -0.3 is 15.0 Å². The number of benzene rings is 2. The molecule has 0 radical (unpaired) electrons. The van der Waals surface area contributed by atoms with Crippen molar-refractivity contribution < 1.29 is 22.7 Å². The first-order valence-corrected chi connectivity index (χ1v) is 11.5. The summed E-state index contributed by atoms with van der Waals surface area (Å²) in [5, 5.41) is 2.82. The van der Waals surface area contributed by atoms with Gasteiger partial charge in [0.05, 0.1) is 17.9 Å². The highest BCUT2D eigenvalue weighted by Gasteiger charge is 2.35. The van der Waals surface area contributed by atoms with Crippen LogP contribution in [0.5, 0.6) is 5.75 Å². The lowest BCUT2D eigenvalue weighted by Crippen LogP contribution is -2.33. The second-order valence-corrected chi connectivity index (χ2v) is 9.46. The van der Waals surface area contributed by atoms with Crippen LogP contribution in [0, 0.1) is 5.92 Å². The lowest BCUT2D eigenvalue weighted by Gasteiger charge is -2.17. The fourth-order valence-corrected chi connectivity index (χ4v) is 4.77. The molecule has 31 heavy (non-hydrogen) atoms. The van der Waals surface area contributed by atoms with Crippen molar-refractivity contribution in [2.24, 2.45) is 5.92 Å². The highest BCUT2D eigenvalue weighted by atomic mass is 32.2. The first-order chi connectivity index (χ1) is 14.7. The number of amides is 2. The van der Waals surface area contributed by atoms with E-state index in [1.807, 2.05) is 0 Å². The summed E-state index contributed by atoms with van der Waals surface area (Å²) >= 11 is 0. The number of ether oxygens (including phenoxy) is 1. The number of carbonyl (C=O) groups is 2. The molecule has 3 rings (SSSR count). The minimum Gasteiger partial charge on any atom is -0.497 e. The highest BCUT2D eigenvalue weighted by molar-refractivity contribution is 7.89. The van der Waals surface area contributed by atoms with Crippen molar-refractivity contribution in [3.05, 3.63) is 54.1 Å². The van der Waals surface area contributed by atoms with E-state index in [9.17, 15) is 18.0 Å². The van der Waals surface area contributed by atoms with E-state index in [0.717, 1.165) is 0 Å². The van der Waals surface area contributed by atoms with E-state index in [0.29, 0.717) is 17.0 Å². The molecule has 0 aromatic heterocycles. The lowest BCUT2D eigenvalue weighted by molar-refractivity contribution is -0.126. The number of anilines is 1. The summed E-state index contributed by atoms with van der Waals surface area (Å²) in [4.78, 5) is 26.8. The monoisotopic (exact) mass is 445 g/mol. The van der Waals surface area contributed by atoms with Gasteiger partial charge in [0.2, 0.25) is 21.8 Å². The Kier molecular flexibility index (Phi) is 6.97. The van der Waals surface area contributed by atoms with E-state index in [4.69, 9.17) is 4.74 Å². The maximum atomic E-state index is 12.6. The van der Waals surface area contributed by atoms with Crippen LogP contribution in [-0.2, 0) is 26.2 Å². The molecule has 1 atom stereocenters. The molecular weight excluding hydrogens is 418 g/mol. The third kappa shape index (κ3) is 5.62. The molecule has 1 aliphatic heterocycles. The first-order valence-electron chi connectivity index (χ1n) is 10.0. The van der Waals surface area contributed by atoms with Gasteiger partial charge in [-0.3, -0.25) is 9.59 Å². The van der Waals surface area contributed by atoms with Crippen LogP contribution in [0.2, 0.25) is 0 Å². The molecule has 0 bridgehead atoms. The lowest BCUT2D eigenvalue weighted by atomic mass is 10.1. The molecule has 1 saturated heterocycles. The Balaban J connectivity index is 1.63. The summed E-state index contributed by atoms with van der Waals surface area (Å²) in [5.74, 6) is -0.207. The second kappa shape index (κ2) is 9.49. The minimum atomic E-state index is -3.61. The van der Waals surface area contributed by atoms with Gasteiger partial charge in [0.15, 0.2) is 0 Å². The molecule has 2 aromatic rings. The van der Waals surface area contributed by atoms with Gasteiger partial charge in [-0.2, -0.15) is 0 Å². The van der Waals surface area contributed by atoms with E-state index in [2.05, 4.69) is 10.0 Å². The first kappa shape index (κ1) is 22.8. The molecule has 1 fully saturated rings. The van der Waals surface area contributed by atoms with E-state index < -0.39 is 15.9 Å². The standard InChI is InChI=1S/C22H27N3O5S/c1-15(2)24-31(28,29)20-9-4-6-16(10-20)13-23-22(27)17-11-21(26)25(14-17)18-7-5-8-19(12-18)30-3/h4-10,12,15,17,24H,11,13-14H2,1-3H3,(H,23,27). The zero-order chi connectivity index (χ0) is 22.6. The summed E-state index contributed by atoms with van der Waals surface area (Å²) in [5.41, 5.74) is 1.35. The Morgan fingerprint density at radius 3 is 2.65 bits per heavy atom. The van der Waals surface area contributed by atoms with Gasteiger partial charge in [-0.05, 0) is 43.7 Å². The number of methoxy groups -OCH3 is 1. The summed E-state index contributed by atoms with van der Waals surface area (Å²) in [6.45, 7) is 3.96. The van der Waals surface area contributed by atoms with Gasteiger partial charge in [0.1, 0.15) is 5.75 Å². The topological polar surface area (TPSA) is 105 Å². The van der Waals surface area contributed by atoms with Gasteiger partial charge >= 0.3 is 0 Å². The molecular formula is C22H27N3O5S. The Hall–Kier alpha value is -2.91. The van der Waals surface area contributed by atoms with Gasteiger partial charge in [-0.1, -0.05) is 18.2 Å². The summed E-state index contributed by atoms with van der Waals surface area (Å²) in [7, 11) is -2.06. The highest BCUT2D eigenvalue weighted by Crippen LogP contribution is 2.28. The van der Waals surface area contributed by atoms with Crippen LogP contribution < -0.4 is 19.7 Å². The molecule has 0 aliphatic carbocycles. The second-order valence-electron chi connectivity index (χ2n) is 7.75. The number of carbonyl (C=O) groups excluding carboxylic acids is 2. The van der Waals surface area contributed by atoms with Crippen molar-refractivity contribution in [2.75, 3.05) is 18.6 Å². The van der Waals surface area contributed by atoms with Crippen molar-refractivity contribution in [1.29, 1.82) is 0 Å². The maximum Gasteiger partial charge on any atom is 0.240 e.